The zero-order valence-electron chi connectivity index (χ0n) is 19.0. The Hall–Kier alpha value is -2.86. The molecule has 1 fully saturated rings. The molecule has 0 saturated carbocycles. The first kappa shape index (κ1) is 22.3. The Balaban J connectivity index is 1.37. The highest BCUT2D eigenvalue weighted by molar-refractivity contribution is 6.00. The molecular formula is C26H33N3O3. The van der Waals surface area contributed by atoms with E-state index < -0.39 is 6.10 Å². The number of carbonyl (C=O) groups excluding carboxylic acids is 2. The second-order valence-corrected chi connectivity index (χ2v) is 8.92. The third-order valence-corrected chi connectivity index (χ3v) is 6.57. The third kappa shape index (κ3) is 5.13. The van der Waals surface area contributed by atoms with Crippen molar-refractivity contribution in [1.29, 1.82) is 0 Å². The van der Waals surface area contributed by atoms with Crippen LogP contribution in [0.1, 0.15) is 44.7 Å². The number of piperidine rings is 1. The summed E-state index contributed by atoms with van der Waals surface area (Å²) in [5.74, 6) is 1.29. The summed E-state index contributed by atoms with van der Waals surface area (Å²) in [6, 6.07) is 18.1. The molecule has 6 heteroatoms. The van der Waals surface area contributed by atoms with Crippen LogP contribution in [-0.2, 0) is 9.59 Å². The van der Waals surface area contributed by atoms with Gasteiger partial charge in [0.05, 0.1) is 11.7 Å². The van der Waals surface area contributed by atoms with Crippen molar-refractivity contribution in [3.8, 4) is 5.75 Å². The molecule has 170 valence electrons. The Labute approximate surface area is 190 Å². The van der Waals surface area contributed by atoms with Crippen molar-refractivity contribution in [1.82, 2.24) is 10.2 Å². The number of nitrogens with one attached hydrogen (secondary N) is 1. The molecule has 0 aromatic heterocycles. The Morgan fingerprint density at radius 3 is 2.50 bits per heavy atom. The van der Waals surface area contributed by atoms with Gasteiger partial charge in [0.25, 0.3) is 5.91 Å². The van der Waals surface area contributed by atoms with E-state index in [1.807, 2.05) is 30.3 Å². The molecule has 2 aromatic carbocycles. The molecule has 0 bridgehead atoms. The summed E-state index contributed by atoms with van der Waals surface area (Å²) in [6.07, 6.45) is 2.09. The molecule has 0 radical (unpaired) electrons. The molecule has 2 amide bonds. The van der Waals surface area contributed by atoms with Crippen LogP contribution in [0.3, 0.4) is 0 Å². The van der Waals surface area contributed by atoms with Gasteiger partial charge in [0, 0.05) is 19.5 Å². The molecule has 4 rings (SSSR count). The summed E-state index contributed by atoms with van der Waals surface area (Å²) in [5.41, 5.74) is 1.96. The predicted octanol–water partition coefficient (Wildman–Crippen LogP) is 3.78. The average Bonchev–Trinajstić information content (AvgIpc) is 2.81. The standard InChI is InChI=1S/C26H33N3O3/c1-19-12-15-28(16-13-19)23(21-8-4-3-5-9-21)18-27-25(30)14-17-29-22-10-6-7-11-24(22)32-20(2)26(29)31/h3-11,19-20,23H,12-18H2,1-2H3,(H,27,30). The van der Waals surface area contributed by atoms with E-state index in [0.29, 0.717) is 18.8 Å². The van der Waals surface area contributed by atoms with Gasteiger partial charge >= 0.3 is 0 Å². The van der Waals surface area contributed by atoms with Crippen LogP contribution in [0.25, 0.3) is 0 Å². The Morgan fingerprint density at radius 2 is 1.75 bits per heavy atom. The lowest BCUT2D eigenvalue weighted by Gasteiger charge is -2.37. The maximum Gasteiger partial charge on any atom is 0.267 e. The molecule has 2 unspecified atom stereocenters. The van der Waals surface area contributed by atoms with E-state index in [1.54, 1.807) is 11.8 Å². The summed E-state index contributed by atoms with van der Waals surface area (Å²) < 4.78 is 5.69. The Morgan fingerprint density at radius 1 is 1.06 bits per heavy atom. The fraction of sp³-hybridized carbons (Fsp3) is 0.462. The monoisotopic (exact) mass is 435 g/mol. The van der Waals surface area contributed by atoms with Gasteiger partial charge in [-0.05, 0) is 56.5 Å². The lowest BCUT2D eigenvalue weighted by atomic mass is 9.95. The summed E-state index contributed by atoms with van der Waals surface area (Å²) >= 11 is 0. The SMILES string of the molecule is CC1CCN(C(CNC(=O)CCN2C(=O)C(C)Oc3ccccc32)c2ccccc2)CC1. The molecular weight excluding hydrogens is 402 g/mol. The van der Waals surface area contributed by atoms with E-state index >= 15 is 0 Å². The lowest BCUT2D eigenvalue weighted by Crippen LogP contribution is -2.46. The van der Waals surface area contributed by atoms with E-state index in [-0.39, 0.29) is 24.3 Å². The van der Waals surface area contributed by atoms with Gasteiger partial charge in [-0.25, -0.2) is 0 Å². The summed E-state index contributed by atoms with van der Waals surface area (Å²) in [5, 5.41) is 3.13. The van der Waals surface area contributed by atoms with Crippen LogP contribution in [0.5, 0.6) is 5.75 Å². The molecule has 1 saturated heterocycles. The number of rotatable bonds is 7. The van der Waals surface area contributed by atoms with Gasteiger partial charge in [-0.15, -0.1) is 0 Å². The number of carbonyl (C=O) groups is 2. The number of anilines is 1. The van der Waals surface area contributed by atoms with Gasteiger partial charge in [-0.2, -0.15) is 0 Å². The van der Waals surface area contributed by atoms with Gasteiger partial charge in [-0.3, -0.25) is 14.5 Å². The average molecular weight is 436 g/mol. The maximum atomic E-state index is 12.8. The van der Waals surface area contributed by atoms with Crippen molar-refractivity contribution < 1.29 is 14.3 Å². The zero-order chi connectivity index (χ0) is 22.5. The fourth-order valence-electron chi connectivity index (χ4n) is 4.57. The number of hydrogen-bond donors (Lipinski definition) is 1. The van der Waals surface area contributed by atoms with Crippen LogP contribution in [-0.4, -0.2) is 49.0 Å². The minimum atomic E-state index is -0.545. The quantitative estimate of drug-likeness (QED) is 0.719. The highest BCUT2D eigenvalue weighted by atomic mass is 16.5. The van der Waals surface area contributed by atoms with Crippen LogP contribution >= 0.6 is 0 Å². The van der Waals surface area contributed by atoms with E-state index in [2.05, 4.69) is 41.4 Å². The molecule has 0 aliphatic carbocycles. The minimum Gasteiger partial charge on any atom is -0.479 e. The normalized spacial score (nSPS) is 20.4. The second-order valence-electron chi connectivity index (χ2n) is 8.92. The van der Waals surface area contributed by atoms with Gasteiger partial charge in [0.2, 0.25) is 5.91 Å². The van der Waals surface area contributed by atoms with Crippen molar-refractivity contribution in [2.45, 2.75) is 45.3 Å². The van der Waals surface area contributed by atoms with E-state index in [4.69, 9.17) is 4.74 Å². The molecule has 2 atom stereocenters. The molecule has 32 heavy (non-hydrogen) atoms. The minimum absolute atomic E-state index is 0.0410. The first-order valence-electron chi connectivity index (χ1n) is 11.7. The Kier molecular flexibility index (Phi) is 7.10. The van der Waals surface area contributed by atoms with Gasteiger partial charge in [0.1, 0.15) is 5.75 Å². The molecule has 1 N–H and O–H groups in total. The van der Waals surface area contributed by atoms with Crippen molar-refractivity contribution in [2.75, 3.05) is 31.1 Å². The van der Waals surface area contributed by atoms with E-state index in [9.17, 15) is 9.59 Å². The maximum absolute atomic E-state index is 12.8. The third-order valence-electron chi connectivity index (χ3n) is 6.57. The molecule has 0 spiro atoms. The van der Waals surface area contributed by atoms with Crippen LogP contribution < -0.4 is 15.0 Å². The van der Waals surface area contributed by atoms with E-state index in [0.717, 1.165) is 24.7 Å². The second kappa shape index (κ2) is 10.2. The largest absolute Gasteiger partial charge is 0.479 e. The van der Waals surface area contributed by atoms with Crippen molar-refractivity contribution in [3.05, 3.63) is 60.2 Å². The van der Waals surface area contributed by atoms with Crippen molar-refractivity contribution >= 4 is 17.5 Å². The number of likely N-dealkylation sites (tertiary alicyclic amines) is 1. The molecule has 6 nitrogen and oxygen atoms in total. The van der Waals surface area contributed by atoms with Gasteiger partial charge in [-0.1, -0.05) is 49.4 Å². The first-order valence-corrected chi connectivity index (χ1v) is 11.7. The smallest absolute Gasteiger partial charge is 0.267 e. The number of fused-ring (bicyclic) bond motifs is 1. The molecule has 2 aliphatic heterocycles. The van der Waals surface area contributed by atoms with Gasteiger partial charge < -0.3 is 15.0 Å². The predicted molar refractivity (Wildman–Crippen MR) is 126 cm³/mol. The number of amides is 2. The molecule has 2 aliphatic rings. The first-order chi connectivity index (χ1) is 15.5. The van der Waals surface area contributed by atoms with Crippen LogP contribution in [0, 0.1) is 5.92 Å². The molecule has 2 heterocycles. The summed E-state index contributed by atoms with van der Waals surface area (Å²) in [7, 11) is 0. The topological polar surface area (TPSA) is 61.9 Å². The van der Waals surface area contributed by atoms with Crippen LogP contribution in [0.15, 0.2) is 54.6 Å². The zero-order valence-corrected chi connectivity index (χ0v) is 19.0. The van der Waals surface area contributed by atoms with Crippen LogP contribution in [0.2, 0.25) is 0 Å². The summed E-state index contributed by atoms with van der Waals surface area (Å²) in [4.78, 5) is 29.6. The van der Waals surface area contributed by atoms with Crippen LogP contribution in [0.4, 0.5) is 5.69 Å². The number of para-hydroxylation sites is 2. The fourth-order valence-corrected chi connectivity index (χ4v) is 4.57. The lowest BCUT2D eigenvalue weighted by molar-refractivity contribution is -0.125. The van der Waals surface area contributed by atoms with Gasteiger partial charge in [0.15, 0.2) is 6.10 Å². The number of hydrogen-bond acceptors (Lipinski definition) is 4. The molecule has 2 aromatic rings. The Bertz CT molecular complexity index is 925. The van der Waals surface area contributed by atoms with Crippen molar-refractivity contribution in [2.24, 2.45) is 5.92 Å². The number of ether oxygens (including phenoxy) is 1. The number of benzene rings is 2. The highest BCUT2D eigenvalue weighted by Gasteiger charge is 2.31. The summed E-state index contributed by atoms with van der Waals surface area (Å²) in [6.45, 7) is 7.06. The van der Waals surface area contributed by atoms with E-state index in [1.165, 1.54) is 18.4 Å². The van der Waals surface area contributed by atoms with Crippen molar-refractivity contribution in [3.63, 3.8) is 0 Å². The number of nitrogens with zero attached hydrogens (tertiary/aromatic N) is 2. The highest BCUT2D eigenvalue weighted by Crippen LogP contribution is 2.33.